The van der Waals surface area contributed by atoms with E-state index in [4.69, 9.17) is 0 Å². The van der Waals surface area contributed by atoms with E-state index in [2.05, 4.69) is 16.3 Å². The molecule has 0 aromatic carbocycles. The number of amides is 1. The van der Waals surface area contributed by atoms with Gasteiger partial charge in [0.2, 0.25) is 5.91 Å². The molecule has 1 heterocycles. The van der Waals surface area contributed by atoms with Gasteiger partial charge >= 0.3 is 0 Å². The van der Waals surface area contributed by atoms with E-state index >= 15 is 0 Å². The monoisotopic (exact) mass is 279 g/mol. The number of allylic oxidation sites excluding steroid dienone is 1. The van der Waals surface area contributed by atoms with Crippen LogP contribution in [0.1, 0.15) is 38.5 Å². The minimum Gasteiger partial charge on any atom is -0.348 e. The quantitative estimate of drug-likeness (QED) is 0.751. The maximum atomic E-state index is 11.7. The van der Waals surface area contributed by atoms with Crippen molar-refractivity contribution in [1.29, 1.82) is 0 Å². The molecule has 0 atom stereocenters. The summed E-state index contributed by atoms with van der Waals surface area (Å²) in [6.45, 7) is 3.78. The number of carbonyl (C=O) groups is 1. The lowest BCUT2D eigenvalue weighted by Crippen LogP contribution is -2.46. The van der Waals surface area contributed by atoms with Crippen LogP contribution < -0.4 is 5.32 Å². The normalized spacial score (nSPS) is 21.0. The zero-order chi connectivity index (χ0) is 14.4. The molecule has 0 saturated carbocycles. The Labute approximate surface area is 123 Å². The molecule has 1 aliphatic heterocycles. The van der Waals surface area contributed by atoms with Gasteiger partial charge in [-0.05, 0) is 45.1 Å². The first-order valence-corrected chi connectivity index (χ1v) is 7.99. The molecule has 0 spiro atoms. The first-order valence-electron chi connectivity index (χ1n) is 7.99. The topological polar surface area (TPSA) is 35.6 Å². The van der Waals surface area contributed by atoms with E-state index < -0.39 is 0 Å². The van der Waals surface area contributed by atoms with Gasteiger partial charge in [0.25, 0.3) is 0 Å². The molecule has 4 heteroatoms. The van der Waals surface area contributed by atoms with E-state index in [1.807, 2.05) is 14.1 Å². The summed E-state index contributed by atoms with van der Waals surface area (Å²) in [6.07, 6.45) is 9.92. The minimum absolute atomic E-state index is 0.213. The van der Waals surface area contributed by atoms with Crippen molar-refractivity contribution in [3.05, 3.63) is 11.6 Å². The molecule has 0 aromatic heterocycles. The Balaban J connectivity index is 1.58. The van der Waals surface area contributed by atoms with Crippen molar-refractivity contribution < 1.29 is 4.79 Å². The van der Waals surface area contributed by atoms with Crippen molar-refractivity contribution in [2.45, 2.75) is 44.6 Å². The molecule has 1 saturated heterocycles. The molecule has 1 N–H and O–H groups in total. The van der Waals surface area contributed by atoms with E-state index in [9.17, 15) is 4.79 Å². The molecule has 2 rings (SSSR count). The van der Waals surface area contributed by atoms with Crippen LogP contribution in [0.15, 0.2) is 11.6 Å². The third-order valence-electron chi connectivity index (χ3n) is 4.46. The van der Waals surface area contributed by atoms with Crippen LogP contribution in [0.4, 0.5) is 0 Å². The lowest BCUT2D eigenvalue weighted by atomic mass is 10.0. The molecule has 1 fully saturated rings. The minimum atomic E-state index is 0.213. The van der Waals surface area contributed by atoms with Crippen LogP contribution in [0.3, 0.4) is 0 Å². The van der Waals surface area contributed by atoms with Gasteiger partial charge in [-0.25, -0.2) is 0 Å². The van der Waals surface area contributed by atoms with Crippen molar-refractivity contribution in [2.75, 3.05) is 40.3 Å². The number of nitrogens with one attached hydrogen (secondary N) is 1. The first kappa shape index (κ1) is 15.5. The zero-order valence-electron chi connectivity index (χ0n) is 13.0. The van der Waals surface area contributed by atoms with Crippen LogP contribution in [0.2, 0.25) is 0 Å². The van der Waals surface area contributed by atoms with Crippen molar-refractivity contribution in [1.82, 2.24) is 15.1 Å². The summed E-state index contributed by atoms with van der Waals surface area (Å²) in [5.74, 6) is 0.213. The van der Waals surface area contributed by atoms with Gasteiger partial charge in [0, 0.05) is 33.2 Å². The number of likely N-dealkylation sites (N-methyl/N-ethyl adjacent to an activating group) is 1. The van der Waals surface area contributed by atoms with Gasteiger partial charge in [0.05, 0.1) is 6.54 Å². The van der Waals surface area contributed by atoms with Crippen LogP contribution in [0.5, 0.6) is 0 Å². The SMILES string of the molecule is CN(C)C(=O)CN1CCC(NCCC2=CCCC2)CC1. The molecule has 2 aliphatic rings. The highest BCUT2D eigenvalue weighted by molar-refractivity contribution is 5.77. The van der Waals surface area contributed by atoms with Gasteiger partial charge in [-0.15, -0.1) is 0 Å². The standard InChI is InChI=1S/C16H29N3O/c1-18(2)16(20)13-19-11-8-15(9-12-19)17-10-7-14-5-3-4-6-14/h5,15,17H,3-4,6-13H2,1-2H3. The number of hydrogen-bond donors (Lipinski definition) is 1. The second-order valence-corrected chi connectivity index (χ2v) is 6.30. The second kappa shape index (κ2) is 7.79. The van der Waals surface area contributed by atoms with Crippen LogP contribution in [-0.4, -0.2) is 62.0 Å². The predicted molar refractivity (Wildman–Crippen MR) is 82.7 cm³/mol. The highest BCUT2D eigenvalue weighted by Crippen LogP contribution is 2.20. The van der Waals surface area contributed by atoms with E-state index in [-0.39, 0.29) is 5.91 Å². The molecule has 1 amide bonds. The number of rotatable bonds is 6. The van der Waals surface area contributed by atoms with Crippen LogP contribution in [-0.2, 0) is 4.79 Å². The lowest BCUT2D eigenvalue weighted by Gasteiger charge is -2.32. The molecule has 0 bridgehead atoms. The molecular weight excluding hydrogens is 250 g/mol. The van der Waals surface area contributed by atoms with Gasteiger partial charge in [0.1, 0.15) is 0 Å². The highest BCUT2D eigenvalue weighted by Gasteiger charge is 2.20. The Morgan fingerprint density at radius 1 is 1.40 bits per heavy atom. The van der Waals surface area contributed by atoms with Crippen molar-refractivity contribution in [3.63, 3.8) is 0 Å². The van der Waals surface area contributed by atoms with E-state index in [0.717, 1.165) is 19.6 Å². The largest absolute Gasteiger partial charge is 0.348 e. The van der Waals surface area contributed by atoms with Crippen molar-refractivity contribution >= 4 is 5.91 Å². The Kier molecular flexibility index (Phi) is 6.05. The van der Waals surface area contributed by atoms with Gasteiger partial charge in [-0.1, -0.05) is 11.6 Å². The van der Waals surface area contributed by atoms with Gasteiger partial charge < -0.3 is 10.2 Å². The maximum Gasteiger partial charge on any atom is 0.236 e. The first-order chi connectivity index (χ1) is 9.65. The molecule has 20 heavy (non-hydrogen) atoms. The summed E-state index contributed by atoms with van der Waals surface area (Å²) in [4.78, 5) is 15.6. The number of carbonyl (C=O) groups excluding carboxylic acids is 1. The second-order valence-electron chi connectivity index (χ2n) is 6.30. The molecule has 0 unspecified atom stereocenters. The van der Waals surface area contributed by atoms with E-state index in [1.54, 1.807) is 10.5 Å². The fraction of sp³-hybridized carbons (Fsp3) is 0.812. The number of nitrogens with zero attached hydrogens (tertiary/aromatic N) is 2. The fourth-order valence-electron chi connectivity index (χ4n) is 3.03. The predicted octanol–water partition coefficient (Wildman–Crippen LogP) is 1.63. The third-order valence-corrected chi connectivity index (χ3v) is 4.46. The maximum absolute atomic E-state index is 11.7. The summed E-state index contributed by atoms with van der Waals surface area (Å²) in [6, 6.07) is 0.641. The molecule has 4 nitrogen and oxygen atoms in total. The Morgan fingerprint density at radius 2 is 2.15 bits per heavy atom. The summed E-state index contributed by atoms with van der Waals surface area (Å²) >= 11 is 0. The average Bonchev–Trinajstić information content (AvgIpc) is 2.94. The smallest absolute Gasteiger partial charge is 0.236 e. The molecule has 114 valence electrons. The summed E-state index contributed by atoms with van der Waals surface area (Å²) in [5.41, 5.74) is 1.64. The summed E-state index contributed by atoms with van der Waals surface area (Å²) in [5, 5.41) is 3.68. The fourth-order valence-corrected chi connectivity index (χ4v) is 3.03. The highest BCUT2D eigenvalue weighted by atomic mass is 16.2. The number of likely N-dealkylation sites (tertiary alicyclic amines) is 1. The van der Waals surface area contributed by atoms with Crippen LogP contribution in [0, 0.1) is 0 Å². The summed E-state index contributed by atoms with van der Waals surface area (Å²) < 4.78 is 0. The number of hydrogen-bond acceptors (Lipinski definition) is 3. The Bertz CT molecular complexity index is 344. The van der Waals surface area contributed by atoms with Gasteiger partial charge in [-0.3, -0.25) is 9.69 Å². The molecule has 1 aliphatic carbocycles. The van der Waals surface area contributed by atoms with Gasteiger partial charge in [0.15, 0.2) is 0 Å². The van der Waals surface area contributed by atoms with Crippen molar-refractivity contribution in [3.8, 4) is 0 Å². The summed E-state index contributed by atoms with van der Waals surface area (Å²) in [7, 11) is 3.66. The molecule has 0 radical (unpaired) electrons. The Hall–Kier alpha value is -0.870. The molecule has 0 aromatic rings. The third kappa shape index (κ3) is 4.91. The lowest BCUT2D eigenvalue weighted by molar-refractivity contribution is -0.130. The van der Waals surface area contributed by atoms with Crippen molar-refractivity contribution in [2.24, 2.45) is 0 Å². The van der Waals surface area contributed by atoms with E-state index in [1.165, 1.54) is 38.5 Å². The Morgan fingerprint density at radius 3 is 2.75 bits per heavy atom. The molecular formula is C16H29N3O. The average molecular weight is 279 g/mol. The number of piperidine rings is 1. The van der Waals surface area contributed by atoms with E-state index in [0.29, 0.717) is 12.6 Å². The zero-order valence-corrected chi connectivity index (χ0v) is 13.0. The van der Waals surface area contributed by atoms with Crippen LogP contribution >= 0.6 is 0 Å². The van der Waals surface area contributed by atoms with Gasteiger partial charge in [-0.2, -0.15) is 0 Å². The van der Waals surface area contributed by atoms with Crippen LogP contribution in [0.25, 0.3) is 0 Å².